The Balaban J connectivity index is 1.90. The molecule has 1 atom stereocenters. The average Bonchev–Trinajstić information content (AvgIpc) is 2.74. The van der Waals surface area contributed by atoms with Crippen LogP contribution in [0, 0.1) is 0 Å². The number of ether oxygens (including phenoxy) is 2. The summed E-state index contributed by atoms with van der Waals surface area (Å²) >= 11 is 0. The van der Waals surface area contributed by atoms with Crippen molar-refractivity contribution in [2.45, 2.75) is 12.0 Å². The summed E-state index contributed by atoms with van der Waals surface area (Å²) in [6, 6.07) is 18.2. The monoisotopic (exact) mass is 396 g/mol. The maximum Gasteiger partial charge on any atom is 0.256 e. The van der Waals surface area contributed by atoms with Crippen LogP contribution in [0.1, 0.15) is 5.56 Å². The van der Waals surface area contributed by atoms with Gasteiger partial charge in [-0.15, -0.1) is 0 Å². The number of hydrogen-bond donors (Lipinski definition) is 0. The van der Waals surface area contributed by atoms with Crippen LogP contribution in [0.3, 0.4) is 0 Å². The molecule has 0 aromatic heterocycles. The number of rotatable bonds is 6. The SMILES string of the molecule is COCC(=O)N1CCO[C@](Cc2cccc(-c3ccccc3)c2)(C(=O)N(C)C)C1. The summed E-state index contributed by atoms with van der Waals surface area (Å²) in [7, 11) is 4.92. The number of likely N-dealkylation sites (N-methyl/N-ethyl adjacent to an activating group) is 1. The minimum Gasteiger partial charge on any atom is -0.375 e. The lowest BCUT2D eigenvalue weighted by Gasteiger charge is -2.42. The molecule has 29 heavy (non-hydrogen) atoms. The van der Waals surface area contributed by atoms with E-state index in [1.165, 1.54) is 12.0 Å². The molecule has 1 heterocycles. The number of amides is 2. The summed E-state index contributed by atoms with van der Waals surface area (Å²) in [5, 5.41) is 0. The maximum absolute atomic E-state index is 13.1. The molecule has 0 radical (unpaired) electrons. The predicted octanol–water partition coefficient (Wildman–Crippen LogP) is 2.23. The lowest BCUT2D eigenvalue weighted by Crippen LogP contribution is -2.62. The zero-order valence-corrected chi connectivity index (χ0v) is 17.3. The van der Waals surface area contributed by atoms with Crippen LogP contribution in [0.25, 0.3) is 11.1 Å². The Morgan fingerprint density at radius 3 is 2.52 bits per heavy atom. The highest BCUT2D eigenvalue weighted by molar-refractivity contribution is 5.87. The Bertz CT molecular complexity index is 853. The topological polar surface area (TPSA) is 59.1 Å². The molecular formula is C23H28N2O4. The average molecular weight is 396 g/mol. The van der Waals surface area contributed by atoms with Crippen LogP contribution in [-0.4, -0.2) is 74.7 Å². The fourth-order valence-corrected chi connectivity index (χ4v) is 3.75. The van der Waals surface area contributed by atoms with Gasteiger partial charge < -0.3 is 19.3 Å². The Morgan fingerprint density at radius 1 is 1.10 bits per heavy atom. The van der Waals surface area contributed by atoms with Crippen LogP contribution in [0.5, 0.6) is 0 Å². The number of morpholine rings is 1. The minimum atomic E-state index is -1.11. The van der Waals surface area contributed by atoms with E-state index in [0.29, 0.717) is 19.6 Å². The molecule has 2 aromatic carbocycles. The predicted molar refractivity (Wildman–Crippen MR) is 111 cm³/mol. The Labute approximate surface area is 172 Å². The van der Waals surface area contributed by atoms with E-state index in [9.17, 15) is 9.59 Å². The van der Waals surface area contributed by atoms with Crippen molar-refractivity contribution in [1.29, 1.82) is 0 Å². The molecular weight excluding hydrogens is 368 g/mol. The molecule has 1 saturated heterocycles. The number of hydrogen-bond acceptors (Lipinski definition) is 4. The fourth-order valence-electron chi connectivity index (χ4n) is 3.75. The van der Waals surface area contributed by atoms with Gasteiger partial charge in [0, 0.05) is 34.2 Å². The summed E-state index contributed by atoms with van der Waals surface area (Å²) in [4.78, 5) is 28.7. The van der Waals surface area contributed by atoms with E-state index in [1.807, 2.05) is 30.3 Å². The van der Waals surface area contributed by atoms with Gasteiger partial charge in [0.1, 0.15) is 6.61 Å². The van der Waals surface area contributed by atoms with Crippen LogP contribution in [0.15, 0.2) is 54.6 Å². The van der Waals surface area contributed by atoms with Crippen LogP contribution in [-0.2, 0) is 25.5 Å². The highest BCUT2D eigenvalue weighted by atomic mass is 16.5. The van der Waals surface area contributed by atoms with Gasteiger partial charge >= 0.3 is 0 Å². The first-order valence-electron chi connectivity index (χ1n) is 9.72. The zero-order valence-electron chi connectivity index (χ0n) is 17.3. The number of benzene rings is 2. The van der Waals surface area contributed by atoms with Gasteiger partial charge in [-0.25, -0.2) is 0 Å². The van der Waals surface area contributed by atoms with Crippen LogP contribution in [0.2, 0.25) is 0 Å². The lowest BCUT2D eigenvalue weighted by molar-refractivity contribution is -0.173. The quantitative estimate of drug-likeness (QED) is 0.751. The van der Waals surface area contributed by atoms with Crippen molar-refractivity contribution in [3.8, 4) is 11.1 Å². The van der Waals surface area contributed by atoms with Crippen molar-refractivity contribution in [1.82, 2.24) is 9.80 Å². The zero-order chi connectivity index (χ0) is 20.9. The van der Waals surface area contributed by atoms with Crippen LogP contribution in [0.4, 0.5) is 0 Å². The van der Waals surface area contributed by atoms with Gasteiger partial charge in [0.15, 0.2) is 5.60 Å². The third-order valence-corrected chi connectivity index (χ3v) is 5.13. The molecule has 1 aliphatic rings. The smallest absolute Gasteiger partial charge is 0.256 e. The summed E-state index contributed by atoms with van der Waals surface area (Å²) in [5.74, 6) is -0.276. The van der Waals surface area contributed by atoms with Gasteiger partial charge in [-0.3, -0.25) is 9.59 Å². The molecule has 0 N–H and O–H groups in total. The largest absolute Gasteiger partial charge is 0.375 e. The summed E-state index contributed by atoms with van der Waals surface area (Å²) in [6.07, 6.45) is 0.390. The Hall–Kier alpha value is -2.70. The third kappa shape index (κ3) is 4.83. The molecule has 0 unspecified atom stereocenters. The molecule has 1 aliphatic heterocycles. The molecule has 2 aromatic rings. The Kier molecular flexibility index (Phi) is 6.67. The second-order valence-electron chi connectivity index (χ2n) is 7.53. The van der Waals surface area contributed by atoms with Crippen molar-refractivity contribution in [2.24, 2.45) is 0 Å². The molecule has 6 nitrogen and oxygen atoms in total. The van der Waals surface area contributed by atoms with Crippen molar-refractivity contribution < 1.29 is 19.1 Å². The highest BCUT2D eigenvalue weighted by Gasteiger charge is 2.45. The normalized spacial score (nSPS) is 19.1. The molecule has 0 bridgehead atoms. The molecule has 1 fully saturated rings. The van der Waals surface area contributed by atoms with Gasteiger partial charge in [0.25, 0.3) is 5.91 Å². The van der Waals surface area contributed by atoms with E-state index in [0.717, 1.165) is 16.7 Å². The summed E-state index contributed by atoms with van der Waals surface area (Å²) in [6.45, 7) is 0.972. The number of nitrogens with zero attached hydrogens (tertiary/aromatic N) is 2. The minimum absolute atomic E-state index is 0.00424. The van der Waals surface area contributed by atoms with Gasteiger partial charge in [-0.1, -0.05) is 54.6 Å². The van der Waals surface area contributed by atoms with Crippen LogP contribution < -0.4 is 0 Å². The fraction of sp³-hybridized carbons (Fsp3) is 0.391. The molecule has 0 spiro atoms. The maximum atomic E-state index is 13.1. The van der Waals surface area contributed by atoms with E-state index in [2.05, 4.69) is 24.3 Å². The molecule has 2 amide bonds. The van der Waals surface area contributed by atoms with Crippen molar-refractivity contribution in [3.05, 3.63) is 60.2 Å². The van der Waals surface area contributed by atoms with Crippen molar-refractivity contribution in [3.63, 3.8) is 0 Å². The first-order valence-corrected chi connectivity index (χ1v) is 9.72. The standard InChI is InChI=1S/C23H28N2O4/c1-24(2)22(27)23(17-25(12-13-29-23)21(26)16-28-3)15-18-8-7-11-20(14-18)19-9-5-4-6-10-19/h4-11,14H,12-13,15-17H2,1-3H3/t23-/m0/s1. The van der Waals surface area contributed by atoms with Crippen molar-refractivity contribution in [2.75, 3.05) is 47.5 Å². The van der Waals surface area contributed by atoms with E-state index in [-0.39, 0.29) is 25.0 Å². The Morgan fingerprint density at radius 2 is 1.83 bits per heavy atom. The summed E-state index contributed by atoms with van der Waals surface area (Å²) < 4.78 is 11.1. The lowest BCUT2D eigenvalue weighted by atomic mass is 9.89. The molecule has 3 rings (SSSR count). The van der Waals surface area contributed by atoms with Gasteiger partial charge in [-0.05, 0) is 16.7 Å². The van der Waals surface area contributed by atoms with E-state index in [1.54, 1.807) is 19.0 Å². The van der Waals surface area contributed by atoms with Gasteiger partial charge in [0.2, 0.25) is 5.91 Å². The third-order valence-electron chi connectivity index (χ3n) is 5.13. The van der Waals surface area contributed by atoms with E-state index >= 15 is 0 Å². The van der Waals surface area contributed by atoms with Crippen LogP contribution >= 0.6 is 0 Å². The first-order chi connectivity index (χ1) is 13.9. The molecule has 0 saturated carbocycles. The number of carbonyl (C=O) groups is 2. The van der Waals surface area contributed by atoms with Gasteiger partial charge in [0.05, 0.1) is 13.2 Å². The van der Waals surface area contributed by atoms with E-state index in [4.69, 9.17) is 9.47 Å². The number of methoxy groups -OCH3 is 1. The number of carbonyl (C=O) groups excluding carboxylic acids is 2. The van der Waals surface area contributed by atoms with E-state index < -0.39 is 5.60 Å². The van der Waals surface area contributed by atoms with Gasteiger partial charge in [-0.2, -0.15) is 0 Å². The second kappa shape index (κ2) is 9.20. The second-order valence-corrected chi connectivity index (χ2v) is 7.53. The first kappa shape index (κ1) is 21.0. The molecule has 6 heteroatoms. The molecule has 154 valence electrons. The molecule has 0 aliphatic carbocycles. The van der Waals surface area contributed by atoms with Crippen molar-refractivity contribution >= 4 is 11.8 Å². The summed E-state index contributed by atoms with van der Waals surface area (Å²) in [5.41, 5.74) is 2.07. The highest BCUT2D eigenvalue weighted by Crippen LogP contribution is 2.28.